The van der Waals surface area contributed by atoms with Crippen molar-refractivity contribution in [2.45, 2.75) is 14.9 Å². The van der Waals surface area contributed by atoms with Crippen LogP contribution in [0.2, 0.25) is 0 Å². The maximum Gasteiger partial charge on any atom is 0.251 e. The Morgan fingerprint density at radius 3 is 1.56 bits per heavy atom. The lowest BCUT2D eigenvalue weighted by atomic mass is 10.1. The molecule has 4 aromatic carbocycles. The molecular formula is C41H44N10O4. The number of ether oxygens (including phenoxy) is 1. The number of nitrogens with one attached hydrogen (secondary N) is 4. The number of rotatable bonds is 7. The van der Waals surface area contributed by atoms with Gasteiger partial charge in [-0.25, -0.2) is 9.97 Å². The summed E-state index contributed by atoms with van der Waals surface area (Å²) < 4.78 is 9.01. The van der Waals surface area contributed by atoms with E-state index in [9.17, 15) is 14.7 Å². The summed E-state index contributed by atoms with van der Waals surface area (Å²) in [5, 5.41) is 25.0. The predicted octanol–water partition coefficient (Wildman–Crippen LogP) is 6.97. The maximum absolute atomic E-state index is 11.9. The van der Waals surface area contributed by atoms with Crippen LogP contribution in [-0.2, 0) is 14.1 Å². The van der Waals surface area contributed by atoms with Gasteiger partial charge in [0.1, 0.15) is 22.8 Å². The number of H-pyrrole nitrogens is 2. The molecule has 14 heteroatoms. The van der Waals surface area contributed by atoms with E-state index in [1.165, 1.54) is 0 Å². The van der Waals surface area contributed by atoms with E-state index in [-0.39, 0.29) is 32.4 Å². The average molecular weight is 741 g/mol. The normalized spacial score (nSPS) is 10.6. The molecule has 4 aromatic heterocycles. The molecule has 0 aliphatic heterocycles. The summed E-state index contributed by atoms with van der Waals surface area (Å²) in [6.45, 7) is 0. The van der Waals surface area contributed by atoms with Gasteiger partial charge in [-0.3, -0.25) is 19.0 Å². The molecule has 8 aromatic rings. The Labute approximate surface area is 318 Å². The Morgan fingerprint density at radius 1 is 0.655 bits per heavy atom. The first kappa shape index (κ1) is 39.0. The fraction of sp³-hybridized carbons (Fsp3) is 0.171. The zero-order valence-electron chi connectivity index (χ0n) is 29.6. The smallest absolute Gasteiger partial charge is 0.251 e. The molecule has 0 bridgehead atoms. The minimum absolute atomic E-state index is 0. The van der Waals surface area contributed by atoms with E-state index in [1.807, 2.05) is 73.8 Å². The van der Waals surface area contributed by atoms with E-state index in [1.54, 1.807) is 67.9 Å². The highest BCUT2D eigenvalue weighted by Crippen LogP contribution is 2.38. The van der Waals surface area contributed by atoms with E-state index in [0.717, 1.165) is 33.5 Å². The molecule has 2 amide bonds. The van der Waals surface area contributed by atoms with Gasteiger partial charge in [0.25, 0.3) is 11.8 Å². The molecule has 4 heterocycles. The summed E-state index contributed by atoms with van der Waals surface area (Å²) >= 11 is 0. The predicted molar refractivity (Wildman–Crippen MR) is 216 cm³/mol. The van der Waals surface area contributed by atoms with Crippen molar-refractivity contribution in [1.29, 1.82) is 0 Å². The van der Waals surface area contributed by atoms with Gasteiger partial charge in [-0.2, -0.15) is 10.2 Å². The van der Waals surface area contributed by atoms with Gasteiger partial charge >= 0.3 is 0 Å². The minimum atomic E-state index is -0.169. The number of nitrogens with zero attached hydrogens (tertiary/aromatic N) is 6. The first-order chi connectivity index (χ1) is 25.7. The van der Waals surface area contributed by atoms with Crippen LogP contribution < -0.4 is 15.4 Å². The second-order valence-corrected chi connectivity index (χ2v) is 12.0. The molecule has 0 radical (unpaired) electrons. The zero-order valence-corrected chi connectivity index (χ0v) is 29.6. The van der Waals surface area contributed by atoms with Crippen molar-refractivity contribution >= 4 is 33.9 Å². The molecule has 0 saturated heterocycles. The molecule has 0 saturated carbocycles. The number of aromatic hydroxyl groups is 1. The molecule has 0 spiro atoms. The zero-order chi connectivity index (χ0) is 37.2. The highest BCUT2D eigenvalue weighted by Gasteiger charge is 2.23. The molecule has 282 valence electrons. The Hall–Kier alpha value is -7.22. The summed E-state index contributed by atoms with van der Waals surface area (Å²) in [6, 6.07) is 29.9. The van der Waals surface area contributed by atoms with Gasteiger partial charge in [-0.05, 0) is 36.4 Å². The lowest BCUT2D eigenvalue weighted by Crippen LogP contribution is -2.17. The summed E-state index contributed by atoms with van der Waals surface area (Å²) in [7, 11) is 8.43. The van der Waals surface area contributed by atoms with Crippen LogP contribution in [0.5, 0.6) is 11.5 Å². The third kappa shape index (κ3) is 7.38. The molecule has 0 atom stereocenters. The average Bonchev–Trinajstić information content (AvgIpc) is 3.96. The van der Waals surface area contributed by atoms with Gasteiger partial charge in [-0.15, -0.1) is 0 Å². The number of benzene rings is 4. The SMILES string of the molecule is C.C.CNC(=O)c1ccc2nc(-c3c(O)c(-c4ccccc4)nn3C)[nH]c2c1.CNC(=O)c1ccc2nc(-c3c(OC)c(-c4ccccc4)nn3C)[nH]c2c1. The van der Waals surface area contributed by atoms with Gasteiger partial charge in [0, 0.05) is 50.4 Å². The van der Waals surface area contributed by atoms with Gasteiger partial charge in [0.15, 0.2) is 23.1 Å². The number of fused-ring (bicyclic) bond motifs is 2. The number of hydrogen-bond acceptors (Lipinski definition) is 8. The topological polar surface area (TPSA) is 181 Å². The summed E-state index contributed by atoms with van der Waals surface area (Å²) in [6.07, 6.45) is 0. The quantitative estimate of drug-likeness (QED) is 0.116. The molecular weight excluding hydrogens is 697 g/mol. The number of carbonyl (C=O) groups is 2. The number of aromatic amines is 2. The summed E-state index contributed by atoms with van der Waals surface area (Å²) in [4.78, 5) is 39.3. The molecule has 0 fully saturated rings. The lowest BCUT2D eigenvalue weighted by molar-refractivity contribution is 0.0955. The number of imidazole rings is 2. The van der Waals surface area contributed by atoms with Crippen molar-refractivity contribution in [2.75, 3.05) is 21.2 Å². The first-order valence-electron chi connectivity index (χ1n) is 16.6. The summed E-state index contributed by atoms with van der Waals surface area (Å²) in [5.74, 6) is 1.52. The number of amides is 2. The highest BCUT2D eigenvalue weighted by atomic mass is 16.5. The molecule has 5 N–H and O–H groups in total. The van der Waals surface area contributed by atoms with Crippen LogP contribution in [0.4, 0.5) is 0 Å². The number of methoxy groups -OCH3 is 1. The van der Waals surface area contributed by atoms with Crippen molar-refractivity contribution < 1.29 is 19.4 Å². The molecule has 0 unspecified atom stereocenters. The van der Waals surface area contributed by atoms with Crippen LogP contribution in [0.1, 0.15) is 35.6 Å². The van der Waals surface area contributed by atoms with E-state index in [4.69, 9.17) is 4.74 Å². The molecule has 8 rings (SSSR count). The van der Waals surface area contributed by atoms with E-state index in [2.05, 4.69) is 40.8 Å². The van der Waals surface area contributed by atoms with Crippen molar-refractivity contribution in [2.24, 2.45) is 14.1 Å². The Morgan fingerprint density at radius 2 is 1.09 bits per heavy atom. The molecule has 55 heavy (non-hydrogen) atoms. The molecule has 14 nitrogen and oxygen atoms in total. The van der Waals surface area contributed by atoms with Crippen molar-refractivity contribution in [3.63, 3.8) is 0 Å². The van der Waals surface area contributed by atoms with Crippen LogP contribution in [0.3, 0.4) is 0 Å². The minimum Gasteiger partial charge on any atom is -0.504 e. The molecule has 0 aliphatic carbocycles. The Kier molecular flexibility index (Phi) is 11.5. The fourth-order valence-electron chi connectivity index (χ4n) is 6.13. The van der Waals surface area contributed by atoms with Crippen molar-refractivity contribution in [3.05, 3.63) is 108 Å². The van der Waals surface area contributed by atoms with Crippen LogP contribution in [-0.4, -0.2) is 77.6 Å². The van der Waals surface area contributed by atoms with Crippen LogP contribution in [0.15, 0.2) is 97.1 Å². The number of hydrogen-bond donors (Lipinski definition) is 5. The second kappa shape index (κ2) is 16.2. The monoisotopic (exact) mass is 740 g/mol. The van der Waals surface area contributed by atoms with Gasteiger partial charge in [0.2, 0.25) is 0 Å². The number of aryl methyl sites for hydroxylation is 2. The van der Waals surface area contributed by atoms with E-state index < -0.39 is 0 Å². The summed E-state index contributed by atoms with van der Waals surface area (Å²) in [5.41, 5.74) is 8.33. The van der Waals surface area contributed by atoms with Gasteiger partial charge < -0.3 is 30.4 Å². The van der Waals surface area contributed by atoms with Crippen molar-refractivity contribution in [1.82, 2.24) is 50.1 Å². The van der Waals surface area contributed by atoms with Gasteiger partial charge in [0.05, 0.1) is 29.2 Å². The lowest BCUT2D eigenvalue weighted by Gasteiger charge is -2.03. The first-order valence-corrected chi connectivity index (χ1v) is 16.6. The molecule has 0 aliphatic rings. The standard InChI is InChI=1S/C20H19N5O2.C19H17N5O2.2CH4/c1-21-20(26)13-9-10-14-15(11-13)23-19(22-14)17-18(27-3)16(24-25(17)2)12-7-5-4-6-8-12;1-20-19(26)12-8-9-13-14(10-12)22-18(21-13)16-17(25)15(23-24(16)2)11-6-4-3-5-7-11;;/h4-11H,1-3H3,(H,21,26)(H,22,23);3-10,25H,1-2H3,(H,20,26)(H,21,22);2*1H4. The Bertz CT molecular complexity index is 2600. The van der Waals surface area contributed by atoms with Gasteiger partial charge in [-0.1, -0.05) is 75.5 Å². The largest absolute Gasteiger partial charge is 0.504 e. The highest BCUT2D eigenvalue weighted by molar-refractivity contribution is 5.98. The second-order valence-electron chi connectivity index (χ2n) is 12.0. The van der Waals surface area contributed by atoms with E-state index >= 15 is 0 Å². The third-order valence-corrected chi connectivity index (χ3v) is 8.72. The number of carbonyl (C=O) groups excluding carboxylic acids is 2. The Balaban J connectivity index is 0.000000204. The van der Waals surface area contributed by atoms with Crippen LogP contribution >= 0.6 is 0 Å². The van der Waals surface area contributed by atoms with Crippen LogP contribution in [0.25, 0.3) is 67.6 Å². The van der Waals surface area contributed by atoms with E-state index in [0.29, 0.717) is 50.9 Å². The third-order valence-electron chi connectivity index (χ3n) is 8.72. The van der Waals surface area contributed by atoms with Crippen LogP contribution in [0, 0.1) is 0 Å². The number of aromatic nitrogens is 8. The fourth-order valence-corrected chi connectivity index (χ4v) is 6.13. The maximum atomic E-state index is 11.9. The van der Waals surface area contributed by atoms with Crippen molar-refractivity contribution in [3.8, 4) is 57.1 Å².